The van der Waals surface area contributed by atoms with E-state index in [4.69, 9.17) is 9.84 Å². The Bertz CT molecular complexity index is 844. The molecule has 1 N–H and O–H groups in total. The van der Waals surface area contributed by atoms with Gasteiger partial charge in [0.05, 0.1) is 0 Å². The van der Waals surface area contributed by atoms with Crippen molar-refractivity contribution < 1.29 is 24.2 Å². The van der Waals surface area contributed by atoms with Crippen LogP contribution in [-0.4, -0.2) is 34.9 Å². The van der Waals surface area contributed by atoms with Gasteiger partial charge < -0.3 is 9.84 Å². The van der Waals surface area contributed by atoms with E-state index in [0.717, 1.165) is 70.6 Å². The number of aliphatic hydroxyl groups is 1. The van der Waals surface area contributed by atoms with Gasteiger partial charge in [0.15, 0.2) is 17.2 Å². The van der Waals surface area contributed by atoms with Crippen LogP contribution in [0.25, 0.3) is 0 Å². The van der Waals surface area contributed by atoms with E-state index in [1.807, 2.05) is 6.08 Å². The number of hydrogen-bond acceptors (Lipinski definition) is 5. The van der Waals surface area contributed by atoms with Gasteiger partial charge in [-0.25, -0.2) is 0 Å². The van der Waals surface area contributed by atoms with Crippen LogP contribution < -0.4 is 0 Å². The largest absolute Gasteiger partial charge is 0.450 e. The lowest BCUT2D eigenvalue weighted by Crippen LogP contribution is -2.58. The fraction of sp³-hybridized carbons (Fsp3) is 0.806. The van der Waals surface area contributed by atoms with Gasteiger partial charge in [-0.3, -0.25) is 14.4 Å². The Morgan fingerprint density at radius 3 is 2.39 bits per heavy atom. The Morgan fingerprint density at radius 1 is 1.06 bits per heavy atom. The first kappa shape index (κ1) is 29.1. The molecule has 0 spiro atoms. The highest BCUT2D eigenvalue weighted by Gasteiger charge is 2.67. The molecule has 0 amide bonds. The number of carbonyl (C=O) groups excluding carboxylic acids is 3. The lowest BCUT2D eigenvalue weighted by atomic mass is 9.46. The molecule has 4 aliphatic carbocycles. The molecule has 5 heteroatoms. The first-order valence-corrected chi connectivity index (χ1v) is 14.5. The molecule has 6 atom stereocenters. The number of ketones is 2. The molecule has 0 bridgehead atoms. The Morgan fingerprint density at radius 2 is 1.78 bits per heavy atom. The van der Waals surface area contributed by atoms with Crippen molar-refractivity contribution in [1.82, 2.24) is 0 Å². The monoisotopic (exact) mass is 501 g/mol. The van der Waals surface area contributed by atoms with Crippen molar-refractivity contribution in [2.45, 2.75) is 123 Å². The standard InChI is InChI=1S/C27H40O4.C4H9O/c1-5-6-7-8-24(30)31-27(18(2)28)16-13-23-21-10-9-19-17-20(29)11-14-25(19,3)22(21)12-15-26(23,27)4;1-2-3-4-5/h17,21-23H,5-16H2,1-4H3;5H,1-4H2/t21-,22+,23+,25+,26+,27+;/m1./s1. The second-order valence-corrected chi connectivity index (χ2v) is 12.2. The summed E-state index contributed by atoms with van der Waals surface area (Å²) in [4.78, 5) is 37.8. The van der Waals surface area contributed by atoms with Crippen LogP contribution in [0.1, 0.15) is 118 Å². The molecule has 1 radical (unpaired) electrons. The predicted molar refractivity (Wildman–Crippen MR) is 142 cm³/mol. The minimum atomic E-state index is -0.953. The highest BCUT2D eigenvalue weighted by Crippen LogP contribution is 2.68. The normalized spacial score (nSPS) is 37.0. The van der Waals surface area contributed by atoms with Crippen molar-refractivity contribution in [1.29, 1.82) is 0 Å². The number of hydrogen-bond donors (Lipinski definition) is 1. The van der Waals surface area contributed by atoms with Crippen LogP contribution in [0, 0.1) is 35.5 Å². The van der Waals surface area contributed by atoms with Gasteiger partial charge in [0.1, 0.15) is 0 Å². The molecule has 4 rings (SSSR count). The number of esters is 1. The molecular weight excluding hydrogens is 452 g/mol. The van der Waals surface area contributed by atoms with E-state index in [1.54, 1.807) is 6.92 Å². The lowest BCUT2D eigenvalue weighted by Gasteiger charge is -2.59. The van der Waals surface area contributed by atoms with E-state index in [0.29, 0.717) is 37.0 Å². The number of ether oxygens (including phenoxy) is 1. The maximum absolute atomic E-state index is 13.1. The van der Waals surface area contributed by atoms with E-state index in [-0.39, 0.29) is 35.0 Å². The molecule has 0 aromatic carbocycles. The molecule has 0 aromatic rings. The van der Waals surface area contributed by atoms with Crippen LogP contribution in [-0.2, 0) is 19.1 Å². The topological polar surface area (TPSA) is 80.7 Å². The summed E-state index contributed by atoms with van der Waals surface area (Å²) in [6, 6.07) is 0. The highest BCUT2D eigenvalue weighted by atomic mass is 16.6. The average Bonchev–Trinajstić information content (AvgIpc) is 3.14. The van der Waals surface area contributed by atoms with Crippen LogP contribution in [0.15, 0.2) is 11.6 Å². The van der Waals surface area contributed by atoms with Crippen molar-refractivity contribution >= 4 is 17.5 Å². The first-order valence-electron chi connectivity index (χ1n) is 14.5. The number of unbranched alkanes of at least 4 members (excludes halogenated alkanes) is 3. The van der Waals surface area contributed by atoms with E-state index in [2.05, 4.69) is 27.7 Å². The molecule has 36 heavy (non-hydrogen) atoms. The Balaban J connectivity index is 0.000000658. The third-order valence-corrected chi connectivity index (χ3v) is 10.3. The Kier molecular flexibility index (Phi) is 9.63. The van der Waals surface area contributed by atoms with E-state index < -0.39 is 5.60 Å². The zero-order chi connectivity index (χ0) is 26.6. The van der Waals surface area contributed by atoms with Crippen LogP contribution >= 0.6 is 0 Å². The van der Waals surface area contributed by atoms with Crippen LogP contribution in [0.4, 0.5) is 0 Å². The molecule has 0 saturated heterocycles. The highest BCUT2D eigenvalue weighted by molar-refractivity contribution is 5.91. The number of Topliss-reactive ketones (excluding diaryl/α,β-unsaturated/α-hetero) is 1. The molecule has 0 aromatic heterocycles. The van der Waals surface area contributed by atoms with E-state index in [9.17, 15) is 14.4 Å². The zero-order valence-electron chi connectivity index (χ0n) is 23.2. The minimum Gasteiger partial charge on any atom is -0.450 e. The first-order chi connectivity index (χ1) is 17.1. The van der Waals surface area contributed by atoms with Crippen molar-refractivity contribution in [3.8, 4) is 0 Å². The Hall–Kier alpha value is -1.49. The summed E-state index contributed by atoms with van der Waals surface area (Å²) in [7, 11) is 0. The summed E-state index contributed by atoms with van der Waals surface area (Å²) >= 11 is 0. The van der Waals surface area contributed by atoms with Crippen LogP contribution in [0.3, 0.4) is 0 Å². The number of allylic oxidation sites excluding steroid dienone is 1. The quantitative estimate of drug-likeness (QED) is 0.301. The van der Waals surface area contributed by atoms with Crippen molar-refractivity contribution in [3.05, 3.63) is 18.6 Å². The van der Waals surface area contributed by atoms with Gasteiger partial charge in [-0.05, 0) is 94.0 Å². The molecule has 0 unspecified atom stereocenters. The SMILES string of the molecule is CCCCCC(=O)O[C@]1(C(C)=O)CC[C@H]2[C@@H]3CCC4=CC(=O)CC[C@]4(C)[C@H]3CC[C@@]21C.[CH2]CCCO. The summed E-state index contributed by atoms with van der Waals surface area (Å²) in [5.41, 5.74) is 0.261. The number of fused-ring (bicyclic) bond motifs is 5. The second kappa shape index (κ2) is 11.9. The van der Waals surface area contributed by atoms with Crippen molar-refractivity contribution in [3.63, 3.8) is 0 Å². The van der Waals surface area contributed by atoms with Crippen LogP contribution in [0.2, 0.25) is 0 Å². The second-order valence-electron chi connectivity index (χ2n) is 12.2. The van der Waals surface area contributed by atoms with Gasteiger partial charge in [-0.1, -0.05) is 52.5 Å². The van der Waals surface area contributed by atoms with Gasteiger partial charge in [0, 0.05) is 24.9 Å². The fourth-order valence-corrected chi connectivity index (χ4v) is 8.25. The summed E-state index contributed by atoms with van der Waals surface area (Å²) in [6.07, 6.45) is 14.3. The third-order valence-electron chi connectivity index (χ3n) is 10.3. The number of carbonyl (C=O) groups is 3. The smallest absolute Gasteiger partial charge is 0.306 e. The van der Waals surface area contributed by atoms with E-state index >= 15 is 0 Å². The van der Waals surface area contributed by atoms with Crippen LogP contribution in [0.5, 0.6) is 0 Å². The molecule has 3 fully saturated rings. The maximum atomic E-state index is 13.1. The zero-order valence-corrected chi connectivity index (χ0v) is 23.2. The summed E-state index contributed by atoms with van der Waals surface area (Å²) in [5, 5.41) is 8.03. The molecule has 0 aliphatic heterocycles. The van der Waals surface area contributed by atoms with E-state index in [1.165, 1.54) is 5.57 Å². The van der Waals surface area contributed by atoms with Gasteiger partial charge in [0.25, 0.3) is 0 Å². The summed E-state index contributed by atoms with van der Waals surface area (Å²) in [5.74, 6) is 1.66. The molecule has 5 nitrogen and oxygen atoms in total. The molecule has 0 heterocycles. The predicted octanol–water partition coefficient (Wildman–Crippen LogP) is 6.56. The number of aliphatic hydroxyl groups excluding tert-OH is 1. The third kappa shape index (κ3) is 5.24. The Labute approximate surface area is 218 Å². The minimum absolute atomic E-state index is 0.0330. The van der Waals surface area contributed by atoms with Gasteiger partial charge >= 0.3 is 5.97 Å². The lowest BCUT2D eigenvalue weighted by molar-refractivity contribution is -0.189. The number of rotatable bonds is 8. The average molecular weight is 502 g/mol. The van der Waals surface area contributed by atoms with Gasteiger partial charge in [0.2, 0.25) is 0 Å². The maximum Gasteiger partial charge on any atom is 0.306 e. The van der Waals surface area contributed by atoms with Gasteiger partial charge in [-0.2, -0.15) is 0 Å². The fourth-order valence-electron chi connectivity index (χ4n) is 8.25. The van der Waals surface area contributed by atoms with Crippen molar-refractivity contribution in [2.75, 3.05) is 6.61 Å². The molecule has 4 aliphatic rings. The van der Waals surface area contributed by atoms with Gasteiger partial charge in [-0.15, -0.1) is 0 Å². The molecule has 3 saturated carbocycles. The molecule has 203 valence electrons. The summed E-state index contributed by atoms with van der Waals surface area (Å²) < 4.78 is 6.16. The van der Waals surface area contributed by atoms with Crippen molar-refractivity contribution in [2.24, 2.45) is 28.6 Å². The molecular formula is C31H49O5. The summed E-state index contributed by atoms with van der Waals surface area (Å²) in [6.45, 7) is 12.2.